The first-order valence-corrected chi connectivity index (χ1v) is 12.0. The van der Waals surface area contributed by atoms with Gasteiger partial charge in [0.25, 0.3) is 0 Å². The molecule has 3 aromatic rings. The summed E-state index contributed by atoms with van der Waals surface area (Å²) in [5, 5.41) is 7.03. The minimum atomic E-state index is -0.424. The van der Waals surface area contributed by atoms with Crippen molar-refractivity contribution in [3.05, 3.63) is 71.1 Å². The van der Waals surface area contributed by atoms with Crippen molar-refractivity contribution in [2.75, 3.05) is 26.2 Å². The third-order valence-electron chi connectivity index (χ3n) is 7.30. The molecule has 1 fully saturated rings. The minimum absolute atomic E-state index is 0.00443. The fraction of sp³-hybridized carbons (Fsp3) is 0.370. The fourth-order valence-electron chi connectivity index (χ4n) is 5.49. The van der Waals surface area contributed by atoms with Gasteiger partial charge in [0.2, 0.25) is 11.8 Å². The zero-order valence-electron chi connectivity index (χ0n) is 19.6. The van der Waals surface area contributed by atoms with E-state index in [-0.39, 0.29) is 24.2 Å². The molecule has 3 aliphatic rings. The van der Waals surface area contributed by atoms with Crippen LogP contribution in [0.5, 0.6) is 17.2 Å². The van der Waals surface area contributed by atoms with Crippen molar-refractivity contribution in [3.63, 3.8) is 0 Å². The lowest BCUT2D eigenvalue weighted by molar-refractivity contribution is -0.130. The van der Waals surface area contributed by atoms with Gasteiger partial charge >= 0.3 is 0 Å². The van der Waals surface area contributed by atoms with Gasteiger partial charge in [0.1, 0.15) is 11.5 Å². The van der Waals surface area contributed by atoms with E-state index in [4.69, 9.17) is 14.0 Å². The largest absolute Gasteiger partial charge is 0.489 e. The normalized spacial score (nSPS) is 23.1. The summed E-state index contributed by atoms with van der Waals surface area (Å²) in [5.41, 5.74) is 2.37. The second kappa shape index (κ2) is 8.45. The summed E-state index contributed by atoms with van der Waals surface area (Å²) < 4.78 is 17.9. The SMILES string of the molecule is Cc1cc(CC(=O)N2C[C@@H]3c4cccc5c4OC[C@]3(CNC(=O)CCc3cccc(c3)O5)C2)on1. The second-order valence-electron chi connectivity index (χ2n) is 9.79. The van der Waals surface area contributed by atoms with Crippen LogP contribution >= 0.6 is 0 Å². The van der Waals surface area contributed by atoms with E-state index in [0.717, 1.165) is 16.8 Å². The Morgan fingerprint density at radius 2 is 2.09 bits per heavy atom. The smallest absolute Gasteiger partial charge is 0.230 e. The van der Waals surface area contributed by atoms with E-state index in [0.29, 0.717) is 62.1 Å². The number of hydrogen-bond donors (Lipinski definition) is 1. The molecule has 1 spiro atoms. The molecule has 4 bridgehead atoms. The average Bonchev–Trinajstić information content (AvgIpc) is 3.45. The summed E-state index contributed by atoms with van der Waals surface area (Å²) in [5.74, 6) is 2.60. The highest BCUT2D eigenvalue weighted by atomic mass is 16.5. The Kier molecular flexibility index (Phi) is 5.24. The topological polar surface area (TPSA) is 93.9 Å². The Labute approximate surface area is 203 Å². The minimum Gasteiger partial charge on any atom is -0.489 e. The molecule has 6 rings (SSSR count). The lowest BCUT2D eigenvalue weighted by atomic mass is 9.73. The van der Waals surface area contributed by atoms with Crippen LogP contribution in [-0.4, -0.2) is 48.1 Å². The van der Waals surface area contributed by atoms with Crippen molar-refractivity contribution in [1.82, 2.24) is 15.4 Å². The van der Waals surface area contributed by atoms with E-state index < -0.39 is 5.41 Å². The van der Waals surface area contributed by atoms with Crippen LogP contribution in [0, 0.1) is 12.3 Å². The predicted molar refractivity (Wildman–Crippen MR) is 126 cm³/mol. The van der Waals surface area contributed by atoms with E-state index >= 15 is 0 Å². The zero-order chi connectivity index (χ0) is 24.0. The summed E-state index contributed by atoms with van der Waals surface area (Å²) >= 11 is 0. The number of para-hydroxylation sites is 1. The Morgan fingerprint density at radius 3 is 2.94 bits per heavy atom. The molecule has 35 heavy (non-hydrogen) atoms. The van der Waals surface area contributed by atoms with Crippen LogP contribution in [0.3, 0.4) is 0 Å². The van der Waals surface area contributed by atoms with Gasteiger partial charge in [-0.2, -0.15) is 0 Å². The van der Waals surface area contributed by atoms with Gasteiger partial charge in [-0.15, -0.1) is 0 Å². The highest BCUT2D eigenvalue weighted by Gasteiger charge is 2.53. The number of aryl methyl sites for hydroxylation is 2. The summed E-state index contributed by atoms with van der Waals surface area (Å²) in [6.45, 7) is 3.69. The van der Waals surface area contributed by atoms with Gasteiger partial charge in [-0.3, -0.25) is 9.59 Å². The van der Waals surface area contributed by atoms with E-state index in [9.17, 15) is 9.59 Å². The first kappa shape index (κ1) is 21.7. The molecule has 180 valence electrons. The molecular formula is C27H27N3O5. The maximum Gasteiger partial charge on any atom is 0.230 e. The highest BCUT2D eigenvalue weighted by Crippen LogP contribution is 2.52. The van der Waals surface area contributed by atoms with E-state index in [2.05, 4.69) is 10.5 Å². The Morgan fingerprint density at radius 1 is 1.20 bits per heavy atom. The molecule has 8 nitrogen and oxygen atoms in total. The second-order valence-corrected chi connectivity index (χ2v) is 9.79. The maximum absolute atomic E-state index is 13.2. The van der Waals surface area contributed by atoms with Crippen LogP contribution in [-0.2, 0) is 22.4 Å². The van der Waals surface area contributed by atoms with Gasteiger partial charge in [-0.25, -0.2) is 0 Å². The van der Waals surface area contributed by atoms with E-state index in [1.807, 2.05) is 54.3 Å². The average molecular weight is 474 g/mol. The van der Waals surface area contributed by atoms with Crippen molar-refractivity contribution in [2.24, 2.45) is 5.41 Å². The molecule has 2 amide bonds. The summed E-state index contributed by atoms with van der Waals surface area (Å²) in [7, 11) is 0. The zero-order valence-corrected chi connectivity index (χ0v) is 19.6. The molecule has 3 aliphatic heterocycles. The van der Waals surface area contributed by atoms with Crippen LogP contribution in [0.15, 0.2) is 53.1 Å². The fourth-order valence-corrected chi connectivity index (χ4v) is 5.49. The number of nitrogens with zero attached hydrogens (tertiary/aromatic N) is 2. The van der Waals surface area contributed by atoms with Gasteiger partial charge < -0.3 is 24.2 Å². The van der Waals surface area contributed by atoms with Crippen LogP contribution in [0.25, 0.3) is 0 Å². The van der Waals surface area contributed by atoms with Crippen molar-refractivity contribution in [3.8, 4) is 17.2 Å². The van der Waals surface area contributed by atoms with Gasteiger partial charge in [0.15, 0.2) is 11.5 Å². The lowest BCUT2D eigenvalue weighted by Crippen LogP contribution is -2.48. The number of ether oxygens (including phenoxy) is 2. The van der Waals surface area contributed by atoms with Crippen molar-refractivity contribution >= 4 is 11.8 Å². The monoisotopic (exact) mass is 473 g/mol. The quantitative estimate of drug-likeness (QED) is 0.613. The number of benzene rings is 2. The molecule has 2 atom stereocenters. The first-order chi connectivity index (χ1) is 17.0. The molecule has 1 saturated heterocycles. The van der Waals surface area contributed by atoms with Crippen LogP contribution in [0.1, 0.15) is 34.9 Å². The number of aromatic nitrogens is 1. The number of fused-ring (bicyclic) bond motifs is 4. The van der Waals surface area contributed by atoms with Crippen LogP contribution in [0.2, 0.25) is 0 Å². The van der Waals surface area contributed by atoms with Gasteiger partial charge in [0, 0.05) is 49.0 Å². The van der Waals surface area contributed by atoms with Crippen molar-refractivity contribution < 1.29 is 23.6 Å². The van der Waals surface area contributed by atoms with E-state index in [1.165, 1.54) is 0 Å². The summed E-state index contributed by atoms with van der Waals surface area (Å²) in [4.78, 5) is 27.9. The van der Waals surface area contributed by atoms with Gasteiger partial charge in [0.05, 0.1) is 18.7 Å². The van der Waals surface area contributed by atoms with Crippen molar-refractivity contribution in [1.29, 1.82) is 0 Å². The van der Waals surface area contributed by atoms with Crippen LogP contribution < -0.4 is 14.8 Å². The Bertz CT molecular complexity index is 1300. The number of likely N-dealkylation sites (tertiary alicyclic amines) is 1. The third kappa shape index (κ3) is 4.03. The Balaban J connectivity index is 1.36. The number of hydrogen-bond acceptors (Lipinski definition) is 6. The lowest BCUT2D eigenvalue weighted by Gasteiger charge is -2.39. The number of nitrogens with one attached hydrogen (secondary N) is 1. The first-order valence-electron chi connectivity index (χ1n) is 12.0. The number of carbonyl (C=O) groups is 2. The van der Waals surface area contributed by atoms with E-state index in [1.54, 1.807) is 6.07 Å². The molecule has 0 unspecified atom stereocenters. The molecule has 8 heteroatoms. The van der Waals surface area contributed by atoms with Crippen LogP contribution in [0.4, 0.5) is 0 Å². The molecule has 4 heterocycles. The van der Waals surface area contributed by atoms with Gasteiger partial charge in [-0.1, -0.05) is 29.4 Å². The van der Waals surface area contributed by atoms with Crippen molar-refractivity contribution in [2.45, 2.75) is 32.1 Å². The highest BCUT2D eigenvalue weighted by molar-refractivity contribution is 5.79. The molecule has 1 N–H and O–H groups in total. The standard InChI is InChI=1S/C27H27N3O5/c1-17-10-20(35-29-17)12-25(32)30-13-22-21-6-3-7-23-26(21)33-16-27(22,15-30)14-28-24(31)9-8-18-4-2-5-19(11-18)34-23/h2-7,10-11,22H,8-9,12-16H2,1H3,(H,28,31)/t22-,27+/m1/s1. The molecular weight excluding hydrogens is 446 g/mol. The summed E-state index contributed by atoms with van der Waals surface area (Å²) in [6, 6.07) is 15.5. The number of rotatable bonds is 2. The maximum atomic E-state index is 13.2. The number of carbonyl (C=O) groups excluding carboxylic acids is 2. The number of amides is 2. The molecule has 0 saturated carbocycles. The molecule has 2 aromatic carbocycles. The molecule has 1 aromatic heterocycles. The Hall–Kier alpha value is -3.81. The molecule has 0 aliphatic carbocycles. The predicted octanol–water partition coefficient (Wildman–Crippen LogP) is 3.39. The third-order valence-corrected chi connectivity index (χ3v) is 7.30. The van der Waals surface area contributed by atoms with Gasteiger partial charge in [-0.05, 0) is 37.1 Å². The summed E-state index contributed by atoms with van der Waals surface area (Å²) in [6.07, 6.45) is 1.17. The molecule has 0 radical (unpaired) electrons.